The van der Waals surface area contributed by atoms with E-state index in [1.54, 1.807) is 23.2 Å². The van der Waals surface area contributed by atoms with E-state index in [4.69, 9.17) is 0 Å². The molecule has 0 radical (unpaired) electrons. The number of aromatic nitrogens is 2. The summed E-state index contributed by atoms with van der Waals surface area (Å²) in [5.41, 5.74) is 1.86. The van der Waals surface area contributed by atoms with Crippen LogP contribution in [0.25, 0.3) is 10.8 Å². The van der Waals surface area contributed by atoms with Crippen molar-refractivity contribution in [2.75, 3.05) is 26.2 Å². The number of nitrogens with zero attached hydrogens (tertiary/aromatic N) is 4. The van der Waals surface area contributed by atoms with E-state index >= 15 is 0 Å². The molecule has 1 aliphatic heterocycles. The number of fused-ring (bicyclic) bond motifs is 1. The summed E-state index contributed by atoms with van der Waals surface area (Å²) in [6.45, 7) is 3.74. The molecule has 0 N–H and O–H groups in total. The lowest BCUT2D eigenvalue weighted by atomic mass is 10.00. The molecule has 6 heteroatoms. The van der Waals surface area contributed by atoms with Crippen molar-refractivity contribution in [1.29, 1.82) is 0 Å². The predicted molar refractivity (Wildman–Crippen MR) is 125 cm³/mol. The molecule has 0 spiro atoms. The normalized spacial score (nSPS) is 18.7. The smallest absolute Gasteiger partial charge is 0.256 e. The van der Waals surface area contributed by atoms with Gasteiger partial charge in [0.2, 0.25) is 0 Å². The molecular formula is C27H29FN4O. The standard InChI is InChI=1S/C27H29FN4O/c28-25-10-9-20(12-26-23-4-2-1-3-21(23)13-29-30-26)11-24(25)27(33)32-16-22(17-32)31(14-18-5-6-18)15-19-7-8-19/h1-4,9-11,13,18-19,22H,5-8,12,14-17H2. The first-order valence-electron chi connectivity index (χ1n) is 12.1. The van der Waals surface area contributed by atoms with Gasteiger partial charge in [0.25, 0.3) is 5.91 Å². The van der Waals surface area contributed by atoms with Gasteiger partial charge in [0.1, 0.15) is 5.82 Å². The van der Waals surface area contributed by atoms with Gasteiger partial charge < -0.3 is 4.90 Å². The Hall–Kier alpha value is -2.86. The lowest BCUT2D eigenvalue weighted by molar-refractivity contribution is 0.0229. The molecule has 170 valence electrons. The average Bonchev–Trinajstić information content (AvgIpc) is 3.71. The van der Waals surface area contributed by atoms with Gasteiger partial charge in [-0.3, -0.25) is 9.69 Å². The molecule has 6 rings (SSSR count). The summed E-state index contributed by atoms with van der Waals surface area (Å²) < 4.78 is 14.7. The second-order valence-corrected chi connectivity index (χ2v) is 10.1. The number of rotatable bonds is 8. The maximum Gasteiger partial charge on any atom is 0.256 e. The number of likely N-dealkylation sites (tertiary alicyclic amines) is 1. The zero-order chi connectivity index (χ0) is 22.4. The summed E-state index contributed by atoms with van der Waals surface area (Å²) in [6.07, 6.45) is 7.62. The summed E-state index contributed by atoms with van der Waals surface area (Å²) in [5.74, 6) is 1.04. The van der Waals surface area contributed by atoms with Gasteiger partial charge in [-0.15, -0.1) is 0 Å². The van der Waals surface area contributed by atoms with Crippen LogP contribution in [0.2, 0.25) is 0 Å². The minimum Gasteiger partial charge on any atom is -0.335 e. The number of hydrogen-bond donors (Lipinski definition) is 0. The molecule has 1 saturated heterocycles. The summed E-state index contributed by atoms with van der Waals surface area (Å²) in [4.78, 5) is 17.5. The Morgan fingerprint density at radius 2 is 1.76 bits per heavy atom. The fraction of sp³-hybridized carbons (Fsp3) is 0.444. The summed E-state index contributed by atoms with van der Waals surface area (Å²) in [6, 6.07) is 13.2. The van der Waals surface area contributed by atoms with E-state index in [0.29, 0.717) is 25.6 Å². The molecule has 1 aromatic heterocycles. The van der Waals surface area contributed by atoms with E-state index in [2.05, 4.69) is 15.1 Å². The highest BCUT2D eigenvalue weighted by Crippen LogP contribution is 2.36. The zero-order valence-electron chi connectivity index (χ0n) is 18.8. The molecule has 1 amide bonds. The van der Waals surface area contributed by atoms with Gasteiger partial charge in [-0.25, -0.2) is 4.39 Å². The quantitative estimate of drug-likeness (QED) is 0.520. The largest absolute Gasteiger partial charge is 0.335 e. The molecular weight excluding hydrogens is 415 g/mol. The van der Waals surface area contributed by atoms with Crippen LogP contribution >= 0.6 is 0 Å². The van der Waals surface area contributed by atoms with Gasteiger partial charge >= 0.3 is 0 Å². The molecule has 2 heterocycles. The number of benzene rings is 2. The molecule has 5 nitrogen and oxygen atoms in total. The predicted octanol–water partition coefficient (Wildman–Crippen LogP) is 4.31. The number of amides is 1. The Morgan fingerprint density at radius 3 is 2.48 bits per heavy atom. The Kier molecular flexibility index (Phi) is 5.33. The third-order valence-electron chi connectivity index (χ3n) is 7.32. The lowest BCUT2D eigenvalue weighted by Gasteiger charge is -2.45. The Labute approximate surface area is 193 Å². The van der Waals surface area contributed by atoms with E-state index in [1.165, 1.54) is 44.8 Å². The van der Waals surface area contributed by atoms with Crippen LogP contribution in [0.3, 0.4) is 0 Å². The first-order chi connectivity index (χ1) is 16.1. The zero-order valence-corrected chi connectivity index (χ0v) is 18.8. The van der Waals surface area contributed by atoms with Crippen molar-refractivity contribution in [1.82, 2.24) is 20.0 Å². The van der Waals surface area contributed by atoms with Crippen molar-refractivity contribution in [2.24, 2.45) is 11.8 Å². The first-order valence-corrected chi connectivity index (χ1v) is 12.1. The summed E-state index contributed by atoms with van der Waals surface area (Å²) in [5, 5.41) is 10.5. The highest BCUT2D eigenvalue weighted by molar-refractivity contribution is 5.95. The van der Waals surface area contributed by atoms with Crippen molar-refractivity contribution in [3.05, 3.63) is 71.3 Å². The average molecular weight is 445 g/mol. The minimum atomic E-state index is -0.455. The van der Waals surface area contributed by atoms with E-state index in [9.17, 15) is 9.18 Å². The number of carbonyl (C=O) groups is 1. The second-order valence-electron chi connectivity index (χ2n) is 10.1. The van der Waals surface area contributed by atoms with Crippen LogP contribution in [0, 0.1) is 17.7 Å². The maximum absolute atomic E-state index is 14.7. The van der Waals surface area contributed by atoms with Crippen LogP contribution in [0.5, 0.6) is 0 Å². The lowest BCUT2D eigenvalue weighted by Crippen LogP contribution is -2.61. The molecule has 33 heavy (non-hydrogen) atoms. The van der Waals surface area contributed by atoms with Gasteiger partial charge in [-0.2, -0.15) is 10.2 Å². The Morgan fingerprint density at radius 1 is 1.03 bits per heavy atom. The molecule has 3 aliphatic rings. The highest BCUT2D eigenvalue weighted by Gasteiger charge is 2.40. The van der Waals surface area contributed by atoms with Crippen LogP contribution in [0.15, 0.2) is 48.7 Å². The third kappa shape index (κ3) is 4.49. The van der Waals surface area contributed by atoms with E-state index in [1.807, 2.05) is 24.3 Å². The number of carbonyl (C=O) groups excluding carboxylic acids is 1. The van der Waals surface area contributed by atoms with Gasteiger partial charge in [0, 0.05) is 49.4 Å². The second kappa shape index (κ2) is 8.49. The molecule has 2 saturated carbocycles. The summed E-state index contributed by atoms with van der Waals surface area (Å²) in [7, 11) is 0. The molecule has 3 fully saturated rings. The molecule has 3 aromatic rings. The van der Waals surface area contributed by atoms with E-state index < -0.39 is 5.82 Å². The third-order valence-corrected chi connectivity index (χ3v) is 7.32. The van der Waals surface area contributed by atoms with Crippen LogP contribution in [0.4, 0.5) is 4.39 Å². The van der Waals surface area contributed by atoms with Crippen molar-refractivity contribution in [3.63, 3.8) is 0 Å². The summed E-state index contributed by atoms with van der Waals surface area (Å²) >= 11 is 0. The van der Waals surface area contributed by atoms with Crippen LogP contribution in [0.1, 0.15) is 47.3 Å². The van der Waals surface area contributed by atoms with Crippen LogP contribution in [-0.2, 0) is 6.42 Å². The molecule has 0 unspecified atom stereocenters. The van der Waals surface area contributed by atoms with Gasteiger partial charge in [-0.1, -0.05) is 30.3 Å². The Bertz CT molecular complexity index is 1160. The van der Waals surface area contributed by atoms with Crippen molar-refractivity contribution >= 4 is 16.7 Å². The maximum atomic E-state index is 14.7. The molecule has 0 atom stereocenters. The fourth-order valence-corrected chi connectivity index (χ4v) is 4.92. The SMILES string of the molecule is O=C(c1cc(Cc2nncc3ccccc23)ccc1F)N1CC(N(CC2CC2)CC2CC2)C1. The monoisotopic (exact) mass is 444 g/mol. The number of halogens is 1. The first kappa shape index (κ1) is 20.7. The van der Waals surface area contributed by atoms with Crippen LogP contribution in [-0.4, -0.2) is 58.1 Å². The van der Waals surface area contributed by atoms with E-state index in [-0.39, 0.29) is 11.5 Å². The molecule has 2 aliphatic carbocycles. The molecule has 2 aromatic carbocycles. The van der Waals surface area contributed by atoms with Crippen molar-refractivity contribution in [3.8, 4) is 0 Å². The minimum absolute atomic E-state index is 0.162. The van der Waals surface area contributed by atoms with Gasteiger partial charge in [0.05, 0.1) is 17.5 Å². The molecule has 0 bridgehead atoms. The topological polar surface area (TPSA) is 49.3 Å². The van der Waals surface area contributed by atoms with Crippen molar-refractivity contribution in [2.45, 2.75) is 38.1 Å². The van der Waals surface area contributed by atoms with Gasteiger partial charge in [0.15, 0.2) is 0 Å². The number of hydrogen-bond acceptors (Lipinski definition) is 4. The van der Waals surface area contributed by atoms with Crippen molar-refractivity contribution < 1.29 is 9.18 Å². The van der Waals surface area contributed by atoms with Crippen LogP contribution < -0.4 is 0 Å². The highest BCUT2D eigenvalue weighted by atomic mass is 19.1. The van der Waals surface area contributed by atoms with E-state index in [0.717, 1.165) is 33.9 Å². The fourth-order valence-electron chi connectivity index (χ4n) is 4.92. The Balaban J connectivity index is 1.15. The van der Waals surface area contributed by atoms with Gasteiger partial charge in [-0.05, 0) is 55.2 Å².